The van der Waals surface area contributed by atoms with Gasteiger partial charge in [0.1, 0.15) is 0 Å². The molecule has 0 spiro atoms. The lowest BCUT2D eigenvalue weighted by Gasteiger charge is -2.25. The number of hydrogen-bond acceptors (Lipinski definition) is 4. The SMILES string of the molecule is CC(C)(C)SCC(=O)NCc1ccc(S(=O)(=O)N2CCCCC2)cc1. The van der Waals surface area contributed by atoms with E-state index in [0.29, 0.717) is 30.3 Å². The Balaban J connectivity index is 1.90. The Morgan fingerprint density at radius 3 is 2.28 bits per heavy atom. The molecule has 0 aliphatic carbocycles. The molecule has 0 atom stereocenters. The van der Waals surface area contributed by atoms with Crippen LogP contribution in [0.5, 0.6) is 0 Å². The van der Waals surface area contributed by atoms with E-state index in [9.17, 15) is 13.2 Å². The first-order chi connectivity index (χ1) is 11.7. The van der Waals surface area contributed by atoms with Crippen molar-refractivity contribution in [2.75, 3.05) is 18.8 Å². The Bertz CT molecular complexity index is 673. The molecule has 0 unspecified atom stereocenters. The van der Waals surface area contributed by atoms with Gasteiger partial charge in [0.15, 0.2) is 0 Å². The number of nitrogens with one attached hydrogen (secondary N) is 1. The van der Waals surface area contributed by atoms with Gasteiger partial charge in [0.25, 0.3) is 0 Å². The van der Waals surface area contributed by atoms with E-state index in [1.165, 1.54) is 0 Å². The monoisotopic (exact) mass is 384 g/mol. The molecule has 1 aromatic rings. The van der Waals surface area contributed by atoms with Crippen molar-refractivity contribution in [1.82, 2.24) is 9.62 Å². The number of amides is 1. The van der Waals surface area contributed by atoms with Crippen LogP contribution in [0.1, 0.15) is 45.6 Å². The Morgan fingerprint density at radius 1 is 1.12 bits per heavy atom. The van der Waals surface area contributed by atoms with Gasteiger partial charge in [-0.25, -0.2) is 8.42 Å². The number of benzene rings is 1. The number of rotatable bonds is 6. The van der Waals surface area contributed by atoms with E-state index in [0.717, 1.165) is 24.8 Å². The van der Waals surface area contributed by atoms with Crippen LogP contribution in [0.4, 0.5) is 0 Å². The van der Waals surface area contributed by atoms with E-state index >= 15 is 0 Å². The minimum atomic E-state index is -3.39. The molecule has 140 valence electrons. The highest BCUT2D eigenvalue weighted by Crippen LogP contribution is 2.23. The molecule has 1 aromatic carbocycles. The van der Waals surface area contributed by atoms with Crippen LogP contribution < -0.4 is 5.32 Å². The quantitative estimate of drug-likeness (QED) is 0.819. The average molecular weight is 385 g/mol. The molecule has 0 saturated carbocycles. The minimum absolute atomic E-state index is 0.00932. The highest BCUT2D eigenvalue weighted by atomic mass is 32.2. The van der Waals surface area contributed by atoms with Crippen molar-refractivity contribution in [2.24, 2.45) is 0 Å². The third-order valence-corrected chi connectivity index (χ3v) is 7.19. The van der Waals surface area contributed by atoms with Gasteiger partial charge in [0, 0.05) is 24.4 Å². The zero-order valence-electron chi connectivity index (χ0n) is 15.2. The summed E-state index contributed by atoms with van der Waals surface area (Å²) in [5.41, 5.74) is 0.895. The summed E-state index contributed by atoms with van der Waals surface area (Å²) in [6.07, 6.45) is 2.95. The molecule has 1 N–H and O–H groups in total. The zero-order chi connectivity index (χ0) is 18.5. The van der Waals surface area contributed by atoms with Crippen molar-refractivity contribution in [1.29, 1.82) is 0 Å². The van der Waals surface area contributed by atoms with E-state index in [4.69, 9.17) is 0 Å². The van der Waals surface area contributed by atoms with Gasteiger partial charge in [-0.2, -0.15) is 4.31 Å². The predicted octanol–water partition coefficient (Wildman–Crippen LogP) is 3.01. The first-order valence-corrected chi connectivity index (χ1v) is 11.1. The topological polar surface area (TPSA) is 66.5 Å². The number of carbonyl (C=O) groups is 1. The normalized spacial score (nSPS) is 16.6. The van der Waals surface area contributed by atoms with Gasteiger partial charge < -0.3 is 5.32 Å². The molecule has 1 amide bonds. The number of piperidine rings is 1. The van der Waals surface area contributed by atoms with Gasteiger partial charge in [-0.3, -0.25) is 4.79 Å². The first-order valence-electron chi connectivity index (χ1n) is 8.68. The van der Waals surface area contributed by atoms with Gasteiger partial charge in [0.05, 0.1) is 10.6 Å². The standard InChI is InChI=1S/C18H28N2O3S2/c1-18(2,3)24-14-17(21)19-13-15-7-9-16(10-8-15)25(22,23)20-11-5-4-6-12-20/h7-10H,4-6,11-14H2,1-3H3,(H,19,21). The van der Waals surface area contributed by atoms with Crippen molar-refractivity contribution in [3.8, 4) is 0 Å². The van der Waals surface area contributed by atoms with Crippen molar-refractivity contribution in [3.05, 3.63) is 29.8 Å². The summed E-state index contributed by atoms with van der Waals surface area (Å²) in [6.45, 7) is 7.84. The summed E-state index contributed by atoms with van der Waals surface area (Å²) in [4.78, 5) is 12.2. The molecule has 1 heterocycles. The van der Waals surface area contributed by atoms with Crippen LogP contribution in [0, 0.1) is 0 Å². The molecular weight excluding hydrogens is 356 g/mol. The number of thioether (sulfide) groups is 1. The second-order valence-electron chi connectivity index (χ2n) is 7.29. The van der Waals surface area contributed by atoms with Gasteiger partial charge in [-0.15, -0.1) is 11.8 Å². The molecule has 25 heavy (non-hydrogen) atoms. The summed E-state index contributed by atoms with van der Waals surface area (Å²) in [5, 5.41) is 2.87. The molecule has 7 heteroatoms. The fraction of sp³-hybridized carbons (Fsp3) is 0.611. The number of sulfonamides is 1. The molecule has 1 saturated heterocycles. The summed E-state index contributed by atoms with van der Waals surface area (Å²) in [6, 6.07) is 6.81. The van der Waals surface area contributed by atoms with E-state index in [1.807, 2.05) is 0 Å². The molecule has 1 aliphatic heterocycles. The molecule has 1 fully saturated rings. The number of nitrogens with zero attached hydrogens (tertiary/aromatic N) is 1. The molecule has 2 rings (SSSR count). The van der Waals surface area contributed by atoms with Crippen molar-refractivity contribution >= 4 is 27.7 Å². The van der Waals surface area contributed by atoms with Crippen LogP contribution in [0.15, 0.2) is 29.2 Å². The van der Waals surface area contributed by atoms with Crippen LogP contribution in [-0.2, 0) is 21.4 Å². The predicted molar refractivity (Wildman–Crippen MR) is 103 cm³/mol. The van der Waals surface area contributed by atoms with Crippen molar-refractivity contribution < 1.29 is 13.2 Å². The van der Waals surface area contributed by atoms with Gasteiger partial charge >= 0.3 is 0 Å². The highest BCUT2D eigenvalue weighted by molar-refractivity contribution is 8.01. The third kappa shape index (κ3) is 6.31. The lowest BCUT2D eigenvalue weighted by atomic mass is 10.2. The first kappa shape index (κ1) is 20.3. The van der Waals surface area contributed by atoms with Crippen LogP contribution in [0.2, 0.25) is 0 Å². The number of carbonyl (C=O) groups excluding carboxylic acids is 1. The van der Waals surface area contributed by atoms with Crippen molar-refractivity contribution in [2.45, 2.75) is 56.2 Å². The van der Waals surface area contributed by atoms with Crippen LogP contribution in [0.3, 0.4) is 0 Å². The fourth-order valence-corrected chi connectivity index (χ4v) is 4.75. The maximum atomic E-state index is 12.6. The molecule has 1 aliphatic rings. The second kappa shape index (κ2) is 8.56. The summed E-state index contributed by atoms with van der Waals surface area (Å²) in [5.74, 6) is 0.412. The van der Waals surface area contributed by atoms with Crippen LogP contribution >= 0.6 is 11.8 Å². The maximum absolute atomic E-state index is 12.6. The van der Waals surface area contributed by atoms with E-state index in [2.05, 4.69) is 26.1 Å². The van der Waals surface area contributed by atoms with Gasteiger partial charge in [-0.05, 0) is 30.5 Å². The molecule has 5 nitrogen and oxygen atoms in total. The summed E-state index contributed by atoms with van der Waals surface area (Å²) in [7, 11) is -3.39. The number of hydrogen-bond donors (Lipinski definition) is 1. The largest absolute Gasteiger partial charge is 0.351 e. The Kier molecular flexibility index (Phi) is 6.93. The maximum Gasteiger partial charge on any atom is 0.243 e. The van der Waals surface area contributed by atoms with Crippen LogP contribution in [-0.4, -0.2) is 42.2 Å². The van der Waals surface area contributed by atoms with E-state index in [-0.39, 0.29) is 10.7 Å². The molecular formula is C18H28N2O3S2. The molecule has 0 aromatic heterocycles. The second-order valence-corrected chi connectivity index (χ2v) is 11.0. The van der Waals surface area contributed by atoms with E-state index < -0.39 is 10.0 Å². The van der Waals surface area contributed by atoms with Crippen LogP contribution in [0.25, 0.3) is 0 Å². The zero-order valence-corrected chi connectivity index (χ0v) is 16.9. The molecule has 0 bridgehead atoms. The fourth-order valence-electron chi connectivity index (χ4n) is 2.57. The average Bonchev–Trinajstić information content (AvgIpc) is 2.58. The smallest absolute Gasteiger partial charge is 0.243 e. The van der Waals surface area contributed by atoms with Gasteiger partial charge in [-0.1, -0.05) is 39.3 Å². The lowest BCUT2D eigenvalue weighted by molar-refractivity contribution is -0.118. The Hall–Kier alpha value is -1.05. The Morgan fingerprint density at radius 2 is 1.72 bits per heavy atom. The minimum Gasteiger partial charge on any atom is -0.351 e. The highest BCUT2D eigenvalue weighted by Gasteiger charge is 2.25. The molecule has 0 radical (unpaired) electrons. The summed E-state index contributed by atoms with van der Waals surface area (Å²) >= 11 is 1.60. The lowest BCUT2D eigenvalue weighted by Crippen LogP contribution is -2.35. The van der Waals surface area contributed by atoms with E-state index in [1.54, 1.807) is 40.3 Å². The van der Waals surface area contributed by atoms with Crippen molar-refractivity contribution in [3.63, 3.8) is 0 Å². The van der Waals surface area contributed by atoms with Gasteiger partial charge in [0.2, 0.25) is 15.9 Å². The Labute approximate surface area is 155 Å². The third-order valence-electron chi connectivity index (χ3n) is 4.00. The summed E-state index contributed by atoms with van der Waals surface area (Å²) < 4.78 is 26.8.